The average Bonchev–Trinajstić information content (AvgIpc) is 2.62. The molecule has 0 fully saturated rings. The van der Waals surface area contributed by atoms with Crippen molar-refractivity contribution < 1.29 is 9.26 Å². The zero-order valence-corrected chi connectivity index (χ0v) is 6.81. The van der Waals surface area contributed by atoms with E-state index in [1.807, 2.05) is 0 Å². The second kappa shape index (κ2) is 3.18. The highest BCUT2D eigenvalue weighted by molar-refractivity contribution is 5.42. The Morgan fingerprint density at radius 1 is 1.15 bits per heavy atom. The largest absolute Gasteiger partial charge is 0.452 e. The lowest BCUT2D eigenvalue weighted by Crippen LogP contribution is -1.85. The van der Waals surface area contributed by atoms with Crippen molar-refractivity contribution >= 4 is 5.69 Å². The van der Waals surface area contributed by atoms with Crippen LogP contribution >= 0.6 is 0 Å². The van der Waals surface area contributed by atoms with Crippen molar-refractivity contribution in [3.05, 3.63) is 36.7 Å². The molecule has 1 heterocycles. The zero-order chi connectivity index (χ0) is 9.10. The van der Waals surface area contributed by atoms with Gasteiger partial charge < -0.3 is 15.0 Å². The van der Waals surface area contributed by atoms with Crippen LogP contribution in [0.3, 0.4) is 0 Å². The lowest BCUT2D eigenvalue weighted by atomic mass is 10.3. The van der Waals surface area contributed by atoms with Gasteiger partial charge in [-0.1, -0.05) is 5.16 Å². The van der Waals surface area contributed by atoms with Gasteiger partial charge in [-0.2, -0.15) is 0 Å². The molecule has 4 nitrogen and oxygen atoms in total. The van der Waals surface area contributed by atoms with Gasteiger partial charge in [-0.3, -0.25) is 0 Å². The molecule has 0 bridgehead atoms. The van der Waals surface area contributed by atoms with E-state index in [4.69, 9.17) is 10.5 Å². The smallest absolute Gasteiger partial charge is 0.186 e. The van der Waals surface area contributed by atoms with Crippen LogP contribution in [0.2, 0.25) is 0 Å². The normalized spacial score (nSPS) is 9.85. The minimum Gasteiger partial charge on any atom is -0.452 e. The SMILES string of the molecule is Nc1ccc(Oc2cnoc2)cc1. The molecule has 2 rings (SSSR count). The number of rotatable bonds is 2. The lowest BCUT2D eigenvalue weighted by molar-refractivity contribution is 0.410. The van der Waals surface area contributed by atoms with Crippen LogP contribution in [-0.2, 0) is 0 Å². The van der Waals surface area contributed by atoms with E-state index in [-0.39, 0.29) is 0 Å². The van der Waals surface area contributed by atoms with E-state index < -0.39 is 0 Å². The molecule has 4 heteroatoms. The van der Waals surface area contributed by atoms with Gasteiger partial charge in [-0.05, 0) is 24.3 Å². The monoisotopic (exact) mass is 176 g/mol. The fourth-order valence-electron chi connectivity index (χ4n) is 0.918. The number of nitrogens with zero attached hydrogens (tertiary/aromatic N) is 1. The van der Waals surface area contributed by atoms with Crippen molar-refractivity contribution in [3.63, 3.8) is 0 Å². The van der Waals surface area contributed by atoms with E-state index in [9.17, 15) is 0 Å². The van der Waals surface area contributed by atoms with Gasteiger partial charge in [0, 0.05) is 5.69 Å². The Hall–Kier alpha value is -1.97. The summed E-state index contributed by atoms with van der Waals surface area (Å²) >= 11 is 0. The predicted octanol–water partition coefficient (Wildman–Crippen LogP) is 2.05. The van der Waals surface area contributed by atoms with Crippen molar-refractivity contribution in [2.75, 3.05) is 5.73 Å². The van der Waals surface area contributed by atoms with Crippen molar-refractivity contribution in [2.45, 2.75) is 0 Å². The molecule has 0 saturated carbocycles. The Morgan fingerprint density at radius 3 is 2.54 bits per heavy atom. The second-order valence-electron chi connectivity index (χ2n) is 2.53. The molecule has 0 saturated heterocycles. The Labute approximate surface area is 74.9 Å². The van der Waals surface area contributed by atoms with Crippen LogP contribution in [0.15, 0.2) is 41.2 Å². The standard InChI is InChI=1S/C9H8N2O2/c10-7-1-3-8(4-2-7)13-9-5-11-12-6-9/h1-6H,10H2. The summed E-state index contributed by atoms with van der Waals surface area (Å²) in [5.74, 6) is 1.28. The minimum atomic E-state index is 0.574. The van der Waals surface area contributed by atoms with E-state index in [0.29, 0.717) is 17.2 Å². The number of nitrogen functional groups attached to an aromatic ring is 1. The molecule has 0 unspecified atom stereocenters. The molecule has 13 heavy (non-hydrogen) atoms. The summed E-state index contributed by atoms with van der Waals surface area (Å²) in [4.78, 5) is 0. The lowest BCUT2D eigenvalue weighted by Gasteiger charge is -2.00. The third-order valence-electron chi connectivity index (χ3n) is 1.53. The number of hydrogen-bond acceptors (Lipinski definition) is 4. The van der Waals surface area contributed by atoms with Gasteiger partial charge in [0.05, 0.1) is 0 Å². The molecule has 0 spiro atoms. The van der Waals surface area contributed by atoms with Gasteiger partial charge in [-0.25, -0.2) is 0 Å². The van der Waals surface area contributed by atoms with Gasteiger partial charge >= 0.3 is 0 Å². The fraction of sp³-hybridized carbons (Fsp3) is 0. The minimum absolute atomic E-state index is 0.574. The van der Waals surface area contributed by atoms with E-state index >= 15 is 0 Å². The maximum atomic E-state index is 5.51. The Morgan fingerprint density at radius 2 is 1.92 bits per heavy atom. The third kappa shape index (κ3) is 1.79. The molecule has 0 aliphatic rings. The Bertz CT molecular complexity index is 367. The maximum Gasteiger partial charge on any atom is 0.186 e. The van der Waals surface area contributed by atoms with Crippen LogP contribution in [0.25, 0.3) is 0 Å². The molecule has 66 valence electrons. The van der Waals surface area contributed by atoms with E-state index in [1.165, 1.54) is 12.5 Å². The maximum absolute atomic E-state index is 5.51. The molecule has 2 aromatic rings. The van der Waals surface area contributed by atoms with Crippen molar-refractivity contribution in [2.24, 2.45) is 0 Å². The number of anilines is 1. The Balaban J connectivity index is 2.15. The molecule has 0 amide bonds. The quantitative estimate of drug-likeness (QED) is 0.711. The van der Waals surface area contributed by atoms with Crippen LogP contribution in [0.4, 0.5) is 5.69 Å². The number of hydrogen-bond donors (Lipinski definition) is 1. The summed E-state index contributed by atoms with van der Waals surface area (Å²) in [6.07, 6.45) is 2.92. The molecule has 0 atom stereocenters. The first kappa shape index (κ1) is 7.67. The first-order valence-corrected chi connectivity index (χ1v) is 3.77. The summed E-state index contributed by atoms with van der Waals surface area (Å²) in [5.41, 5.74) is 6.22. The van der Waals surface area contributed by atoms with Crippen LogP contribution in [-0.4, -0.2) is 5.16 Å². The van der Waals surface area contributed by atoms with Gasteiger partial charge in [-0.15, -0.1) is 0 Å². The summed E-state index contributed by atoms with van der Waals surface area (Å²) in [6.45, 7) is 0. The fourth-order valence-corrected chi connectivity index (χ4v) is 0.918. The number of benzene rings is 1. The first-order chi connectivity index (χ1) is 6.34. The molecule has 0 aliphatic heterocycles. The second-order valence-corrected chi connectivity index (χ2v) is 2.53. The number of aromatic nitrogens is 1. The van der Waals surface area contributed by atoms with Gasteiger partial charge in [0.1, 0.15) is 11.9 Å². The van der Waals surface area contributed by atoms with Gasteiger partial charge in [0.2, 0.25) is 0 Å². The van der Waals surface area contributed by atoms with Crippen molar-refractivity contribution in [1.29, 1.82) is 0 Å². The Kier molecular flexibility index (Phi) is 1.88. The molecular formula is C9H8N2O2. The highest BCUT2D eigenvalue weighted by atomic mass is 16.5. The van der Waals surface area contributed by atoms with Crippen LogP contribution < -0.4 is 10.5 Å². The highest BCUT2D eigenvalue weighted by Gasteiger charge is 1.97. The molecular weight excluding hydrogens is 168 g/mol. The number of nitrogens with two attached hydrogens (primary N) is 1. The van der Waals surface area contributed by atoms with Crippen molar-refractivity contribution in [3.8, 4) is 11.5 Å². The average molecular weight is 176 g/mol. The van der Waals surface area contributed by atoms with Crippen LogP contribution in [0, 0.1) is 0 Å². The van der Waals surface area contributed by atoms with E-state index in [2.05, 4.69) is 9.68 Å². The predicted molar refractivity (Wildman–Crippen MR) is 47.4 cm³/mol. The van der Waals surface area contributed by atoms with Crippen LogP contribution in [0.5, 0.6) is 11.5 Å². The van der Waals surface area contributed by atoms with E-state index in [1.54, 1.807) is 24.3 Å². The van der Waals surface area contributed by atoms with Gasteiger partial charge in [0.15, 0.2) is 12.0 Å². The molecule has 1 aromatic carbocycles. The summed E-state index contributed by atoms with van der Waals surface area (Å²) < 4.78 is 9.97. The molecule has 2 N–H and O–H groups in total. The third-order valence-corrected chi connectivity index (χ3v) is 1.53. The topological polar surface area (TPSA) is 61.3 Å². The van der Waals surface area contributed by atoms with Crippen molar-refractivity contribution in [1.82, 2.24) is 5.16 Å². The summed E-state index contributed by atoms with van der Waals surface area (Å²) in [7, 11) is 0. The first-order valence-electron chi connectivity index (χ1n) is 3.77. The molecule has 0 radical (unpaired) electrons. The number of ether oxygens (including phenoxy) is 1. The molecule has 1 aromatic heterocycles. The summed E-state index contributed by atoms with van der Waals surface area (Å²) in [6, 6.07) is 7.09. The zero-order valence-electron chi connectivity index (χ0n) is 6.81. The molecule has 0 aliphatic carbocycles. The highest BCUT2D eigenvalue weighted by Crippen LogP contribution is 2.20. The van der Waals surface area contributed by atoms with Crippen LogP contribution in [0.1, 0.15) is 0 Å². The van der Waals surface area contributed by atoms with Gasteiger partial charge in [0.25, 0.3) is 0 Å². The summed E-state index contributed by atoms with van der Waals surface area (Å²) in [5, 5.41) is 3.51. The van der Waals surface area contributed by atoms with E-state index in [0.717, 1.165) is 0 Å².